The lowest BCUT2D eigenvalue weighted by atomic mass is 10.0. The Morgan fingerprint density at radius 1 is 1.14 bits per heavy atom. The molecule has 0 aliphatic heterocycles. The van der Waals surface area contributed by atoms with Gasteiger partial charge in [-0.05, 0) is 57.7 Å². The zero-order chi connectivity index (χ0) is 15.6. The number of benzene rings is 2. The van der Waals surface area contributed by atoms with E-state index in [-0.39, 0.29) is 4.90 Å². The summed E-state index contributed by atoms with van der Waals surface area (Å²) in [6.07, 6.45) is 0. The van der Waals surface area contributed by atoms with Crippen molar-refractivity contribution < 1.29 is 13.2 Å². The molecule has 2 aromatic carbocycles. The minimum atomic E-state index is -3.72. The molecule has 0 spiro atoms. The molecular formula is C15H16BrNO3S. The molecule has 2 N–H and O–H groups in total. The molecule has 2 rings (SSSR count). The van der Waals surface area contributed by atoms with E-state index in [0.29, 0.717) is 21.9 Å². The summed E-state index contributed by atoms with van der Waals surface area (Å²) in [6, 6.07) is 12.2. The maximum Gasteiger partial charge on any atom is 0.238 e. The standard InChI is InChI=1S/C15H16BrNO3S/c1-10(2)11-4-3-5-12(8-11)20-15-7-6-13(9-14(15)16)21(17,18)19/h3-10H,1-2H3,(H2,17,18,19). The van der Waals surface area contributed by atoms with Gasteiger partial charge in [-0.1, -0.05) is 26.0 Å². The minimum absolute atomic E-state index is 0.0395. The number of nitrogens with two attached hydrogens (primary N) is 1. The smallest absolute Gasteiger partial charge is 0.238 e. The summed E-state index contributed by atoms with van der Waals surface area (Å²) in [7, 11) is -3.72. The van der Waals surface area contributed by atoms with E-state index in [9.17, 15) is 8.42 Å². The highest BCUT2D eigenvalue weighted by Crippen LogP contribution is 2.32. The molecule has 0 aliphatic carbocycles. The summed E-state index contributed by atoms with van der Waals surface area (Å²) in [4.78, 5) is 0.0395. The fraction of sp³-hybridized carbons (Fsp3) is 0.200. The number of hydrogen-bond acceptors (Lipinski definition) is 3. The van der Waals surface area contributed by atoms with Gasteiger partial charge in [-0.15, -0.1) is 0 Å². The van der Waals surface area contributed by atoms with Crippen molar-refractivity contribution in [3.8, 4) is 11.5 Å². The van der Waals surface area contributed by atoms with E-state index in [1.165, 1.54) is 17.7 Å². The Bertz CT molecular complexity index is 757. The van der Waals surface area contributed by atoms with Crippen molar-refractivity contribution in [2.45, 2.75) is 24.7 Å². The van der Waals surface area contributed by atoms with Crippen LogP contribution in [0.15, 0.2) is 51.8 Å². The van der Waals surface area contributed by atoms with Crippen LogP contribution in [0.1, 0.15) is 25.3 Å². The summed E-state index contributed by atoms with van der Waals surface area (Å²) < 4.78 is 28.9. The van der Waals surface area contributed by atoms with Crippen LogP contribution in [0.5, 0.6) is 11.5 Å². The molecule has 4 nitrogen and oxygen atoms in total. The Morgan fingerprint density at radius 2 is 1.86 bits per heavy atom. The molecule has 0 amide bonds. The van der Waals surface area contributed by atoms with Gasteiger partial charge in [0.1, 0.15) is 11.5 Å². The lowest BCUT2D eigenvalue weighted by Crippen LogP contribution is -2.11. The topological polar surface area (TPSA) is 69.4 Å². The number of halogens is 1. The van der Waals surface area contributed by atoms with Crippen molar-refractivity contribution in [1.82, 2.24) is 0 Å². The van der Waals surface area contributed by atoms with Crippen molar-refractivity contribution in [1.29, 1.82) is 0 Å². The fourth-order valence-electron chi connectivity index (χ4n) is 1.81. The third kappa shape index (κ3) is 4.06. The van der Waals surface area contributed by atoms with Crippen LogP contribution in [0, 0.1) is 0 Å². The molecule has 0 saturated carbocycles. The highest BCUT2D eigenvalue weighted by atomic mass is 79.9. The van der Waals surface area contributed by atoms with Gasteiger partial charge in [-0.25, -0.2) is 13.6 Å². The summed E-state index contributed by atoms with van der Waals surface area (Å²) >= 11 is 3.30. The zero-order valence-corrected chi connectivity index (χ0v) is 14.1. The minimum Gasteiger partial charge on any atom is -0.456 e. The Balaban J connectivity index is 2.30. The molecule has 0 fully saturated rings. The lowest BCUT2D eigenvalue weighted by Gasteiger charge is -2.11. The van der Waals surface area contributed by atoms with Crippen molar-refractivity contribution in [3.05, 3.63) is 52.5 Å². The summed E-state index contributed by atoms with van der Waals surface area (Å²) in [5, 5.41) is 5.09. The van der Waals surface area contributed by atoms with E-state index in [1.54, 1.807) is 6.07 Å². The summed E-state index contributed by atoms with van der Waals surface area (Å²) in [6.45, 7) is 4.21. The van der Waals surface area contributed by atoms with Gasteiger partial charge in [0.05, 0.1) is 9.37 Å². The Labute approximate surface area is 133 Å². The molecule has 0 atom stereocenters. The molecule has 0 aliphatic rings. The largest absolute Gasteiger partial charge is 0.456 e. The van der Waals surface area contributed by atoms with Gasteiger partial charge in [0.25, 0.3) is 0 Å². The second kappa shape index (κ2) is 6.17. The first kappa shape index (κ1) is 16.0. The van der Waals surface area contributed by atoms with Gasteiger partial charge in [0.15, 0.2) is 0 Å². The third-order valence-corrected chi connectivity index (χ3v) is 4.52. The number of primary sulfonamides is 1. The van der Waals surface area contributed by atoms with Crippen LogP contribution >= 0.6 is 15.9 Å². The van der Waals surface area contributed by atoms with Crippen LogP contribution in [0.4, 0.5) is 0 Å². The number of hydrogen-bond donors (Lipinski definition) is 1. The first-order chi connectivity index (χ1) is 9.77. The average molecular weight is 370 g/mol. The van der Waals surface area contributed by atoms with E-state index in [4.69, 9.17) is 9.88 Å². The Kier molecular flexibility index (Phi) is 4.70. The monoisotopic (exact) mass is 369 g/mol. The van der Waals surface area contributed by atoms with E-state index in [1.807, 2.05) is 24.3 Å². The molecule has 21 heavy (non-hydrogen) atoms. The van der Waals surface area contributed by atoms with Gasteiger partial charge < -0.3 is 4.74 Å². The lowest BCUT2D eigenvalue weighted by molar-refractivity contribution is 0.478. The highest BCUT2D eigenvalue weighted by molar-refractivity contribution is 9.10. The van der Waals surface area contributed by atoms with E-state index in [0.717, 1.165) is 0 Å². The molecule has 2 aromatic rings. The highest BCUT2D eigenvalue weighted by Gasteiger charge is 2.11. The number of ether oxygens (including phenoxy) is 1. The predicted molar refractivity (Wildman–Crippen MR) is 86.1 cm³/mol. The summed E-state index contributed by atoms with van der Waals surface area (Å²) in [5.74, 6) is 1.63. The van der Waals surface area contributed by atoms with E-state index >= 15 is 0 Å². The van der Waals surface area contributed by atoms with Crippen LogP contribution in [-0.4, -0.2) is 8.42 Å². The predicted octanol–water partition coefficient (Wildman–Crippen LogP) is 4.01. The average Bonchev–Trinajstić information content (AvgIpc) is 2.40. The molecule has 0 bridgehead atoms. The number of rotatable bonds is 4. The van der Waals surface area contributed by atoms with E-state index < -0.39 is 10.0 Å². The van der Waals surface area contributed by atoms with Gasteiger partial charge >= 0.3 is 0 Å². The van der Waals surface area contributed by atoms with Crippen LogP contribution < -0.4 is 9.88 Å². The first-order valence-corrected chi connectivity index (χ1v) is 8.71. The molecule has 0 radical (unpaired) electrons. The molecule has 0 heterocycles. The van der Waals surface area contributed by atoms with Gasteiger partial charge in [0, 0.05) is 0 Å². The normalized spacial score (nSPS) is 11.7. The first-order valence-electron chi connectivity index (χ1n) is 6.37. The molecule has 112 valence electrons. The van der Waals surface area contributed by atoms with Crippen LogP contribution in [0.2, 0.25) is 0 Å². The van der Waals surface area contributed by atoms with Gasteiger partial charge in [-0.2, -0.15) is 0 Å². The quantitative estimate of drug-likeness (QED) is 0.884. The number of sulfonamides is 1. The van der Waals surface area contributed by atoms with Crippen molar-refractivity contribution in [2.75, 3.05) is 0 Å². The van der Waals surface area contributed by atoms with Gasteiger partial charge in [-0.3, -0.25) is 0 Å². The SMILES string of the molecule is CC(C)c1cccc(Oc2ccc(S(N)(=O)=O)cc2Br)c1. The Hall–Kier alpha value is -1.37. The van der Waals surface area contributed by atoms with E-state index in [2.05, 4.69) is 29.8 Å². The summed E-state index contributed by atoms with van der Waals surface area (Å²) in [5.41, 5.74) is 1.17. The molecule has 0 saturated heterocycles. The van der Waals surface area contributed by atoms with Crippen LogP contribution in [0.25, 0.3) is 0 Å². The molecule has 0 aromatic heterocycles. The van der Waals surface area contributed by atoms with Crippen molar-refractivity contribution in [3.63, 3.8) is 0 Å². The Morgan fingerprint density at radius 3 is 2.43 bits per heavy atom. The van der Waals surface area contributed by atoms with Gasteiger partial charge in [0.2, 0.25) is 10.0 Å². The van der Waals surface area contributed by atoms with Crippen molar-refractivity contribution >= 4 is 26.0 Å². The second-order valence-electron chi connectivity index (χ2n) is 4.97. The third-order valence-electron chi connectivity index (χ3n) is 2.98. The maximum atomic E-state index is 11.3. The van der Waals surface area contributed by atoms with Crippen LogP contribution in [0.3, 0.4) is 0 Å². The zero-order valence-electron chi connectivity index (χ0n) is 11.7. The molecule has 6 heteroatoms. The molecule has 0 unspecified atom stereocenters. The second-order valence-corrected chi connectivity index (χ2v) is 7.38. The van der Waals surface area contributed by atoms with Crippen LogP contribution in [-0.2, 0) is 10.0 Å². The molecular weight excluding hydrogens is 354 g/mol. The van der Waals surface area contributed by atoms with Crippen molar-refractivity contribution in [2.24, 2.45) is 5.14 Å². The maximum absolute atomic E-state index is 11.3. The fourth-order valence-corrected chi connectivity index (χ4v) is 2.96.